The first-order valence-corrected chi connectivity index (χ1v) is 6.52. The van der Waals surface area contributed by atoms with Gasteiger partial charge in [0.05, 0.1) is 5.56 Å². The molecule has 6 nitrogen and oxygen atoms in total. The Balaban J connectivity index is 1.97. The van der Waals surface area contributed by atoms with Gasteiger partial charge in [-0.2, -0.15) is 5.26 Å². The third kappa shape index (κ3) is 2.94. The molecule has 2 rings (SSSR count). The van der Waals surface area contributed by atoms with Crippen molar-refractivity contribution in [3.8, 4) is 6.07 Å². The molecular weight excluding hydrogens is 256 g/mol. The Hall–Kier alpha value is -2.42. The molecule has 0 aromatic carbocycles. The molecule has 1 aromatic rings. The average Bonchev–Trinajstić information content (AvgIpc) is 2.53. The van der Waals surface area contributed by atoms with Gasteiger partial charge in [-0.05, 0) is 25.0 Å². The maximum Gasteiger partial charge on any atom is 0.272 e. The second-order valence-electron chi connectivity index (χ2n) is 4.72. The highest BCUT2D eigenvalue weighted by molar-refractivity contribution is 5.92. The number of carbonyl (C=O) groups excluding carboxylic acids is 2. The van der Waals surface area contributed by atoms with Gasteiger partial charge in [-0.25, -0.2) is 4.98 Å². The Morgan fingerprint density at radius 1 is 1.40 bits per heavy atom. The molecule has 1 fully saturated rings. The van der Waals surface area contributed by atoms with E-state index >= 15 is 0 Å². The minimum atomic E-state index is -0.148. The molecule has 0 spiro atoms. The molecule has 1 aromatic heterocycles. The summed E-state index contributed by atoms with van der Waals surface area (Å²) < 4.78 is 0. The topological polar surface area (TPSA) is 86.1 Å². The van der Waals surface area contributed by atoms with Crippen LogP contribution >= 0.6 is 0 Å². The molecule has 0 atom stereocenters. The fourth-order valence-electron chi connectivity index (χ4n) is 2.30. The summed E-state index contributed by atoms with van der Waals surface area (Å²) in [6, 6.07) is 5.11. The van der Waals surface area contributed by atoms with Crippen molar-refractivity contribution in [2.45, 2.75) is 12.8 Å². The number of pyridine rings is 1. The number of nitrogens with zero attached hydrogens (tertiary/aromatic N) is 3. The van der Waals surface area contributed by atoms with Crippen LogP contribution in [0.25, 0.3) is 0 Å². The molecule has 0 bridgehead atoms. The fourth-order valence-corrected chi connectivity index (χ4v) is 2.30. The normalized spacial score (nSPS) is 15.5. The summed E-state index contributed by atoms with van der Waals surface area (Å²) in [6.07, 6.45) is 2.73. The average molecular weight is 272 g/mol. The van der Waals surface area contributed by atoms with Gasteiger partial charge in [0.25, 0.3) is 5.91 Å². The molecular formula is C14H16N4O2. The van der Waals surface area contributed by atoms with Gasteiger partial charge in [0.1, 0.15) is 11.8 Å². The Morgan fingerprint density at radius 2 is 2.10 bits per heavy atom. The van der Waals surface area contributed by atoms with E-state index in [1.807, 2.05) is 6.07 Å². The van der Waals surface area contributed by atoms with E-state index in [-0.39, 0.29) is 17.7 Å². The molecule has 1 aliphatic heterocycles. The maximum absolute atomic E-state index is 12.2. The highest BCUT2D eigenvalue weighted by Gasteiger charge is 2.27. The van der Waals surface area contributed by atoms with Crippen LogP contribution in [-0.4, -0.2) is 41.8 Å². The van der Waals surface area contributed by atoms with E-state index < -0.39 is 0 Å². The van der Waals surface area contributed by atoms with E-state index in [9.17, 15) is 9.59 Å². The minimum Gasteiger partial charge on any atom is -0.359 e. The predicted octanol–water partition coefficient (Wildman–Crippen LogP) is 0.551. The molecule has 104 valence electrons. The summed E-state index contributed by atoms with van der Waals surface area (Å²) in [7, 11) is 1.63. The zero-order valence-corrected chi connectivity index (χ0v) is 11.3. The molecule has 20 heavy (non-hydrogen) atoms. The van der Waals surface area contributed by atoms with Crippen LogP contribution in [0.3, 0.4) is 0 Å². The fraction of sp³-hybridized carbons (Fsp3) is 0.429. The van der Waals surface area contributed by atoms with Gasteiger partial charge < -0.3 is 10.2 Å². The molecule has 2 amide bonds. The summed E-state index contributed by atoms with van der Waals surface area (Å²) in [5.41, 5.74) is 0.766. The van der Waals surface area contributed by atoms with Gasteiger partial charge >= 0.3 is 0 Å². The zero-order chi connectivity index (χ0) is 14.5. The van der Waals surface area contributed by atoms with Gasteiger partial charge in [0, 0.05) is 32.3 Å². The number of carbonyl (C=O) groups is 2. The summed E-state index contributed by atoms with van der Waals surface area (Å²) in [4.78, 5) is 29.5. The lowest BCUT2D eigenvalue weighted by Gasteiger charge is -2.30. The van der Waals surface area contributed by atoms with Gasteiger partial charge in [-0.1, -0.05) is 0 Å². The first kappa shape index (κ1) is 14.0. The summed E-state index contributed by atoms with van der Waals surface area (Å²) in [5, 5.41) is 11.3. The van der Waals surface area contributed by atoms with Crippen LogP contribution in [0.5, 0.6) is 0 Å². The van der Waals surface area contributed by atoms with Crippen molar-refractivity contribution in [2.24, 2.45) is 5.92 Å². The lowest BCUT2D eigenvalue weighted by molar-refractivity contribution is -0.125. The van der Waals surface area contributed by atoms with Crippen LogP contribution in [0.15, 0.2) is 18.3 Å². The second kappa shape index (κ2) is 6.15. The lowest BCUT2D eigenvalue weighted by atomic mass is 9.96. The quantitative estimate of drug-likeness (QED) is 0.852. The van der Waals surface area contributed by atoms with Crippen LogP contribution < -0.4 is 5.32 Å². The van der Waals surface area contributed by atoms with E-state index in [1.54, 1.807) is 24.1 Å². The van der Waals surface area contributed by atoms with E-state index in [2.05, 4.69) is 10.3 Å². The zero-order valence-electron chi connectivity index (χ0n) is 11.3. The number of rotatable bonds is 2. The molecule has 2 heterocycles. The van der Waals surface area contributed by atoms with Crippen molar-refractivity contribution in [1.29, 1.82) is 5.26 Å². The molecule has 1 aliphatic rings. The number of nitrogens with one attached hydrogen (secondary N) is 1. The number of likely N-dealkylation sites (tertiary alicyclic amines) is 1. The van der Waals surface area contributed by atoms with Crippen molar-refractivity contribution < 1.29 is 9.59 Å². The summed E-state index contributed by atoms with van der Waals surface area (Å²) in [6.45, 7) is 1.11. The number of nitriles is 1. The van der Waals surface area contributed by atoms with Crippen LogP contribution in [0, 0.1) is 17.2 Å². The SMILES string of the molecule is CNC(=O)C1CCN(C(=O)c2ccc(C#N)cn2)CC1. The minimum absolute atomic E-state index is 0.0158. The standard InChI is InChI=1S/C14H16N4O2/c1-16-13(19)11-4-6-18(7-5-11)14(20)12-3-2-10(8-15)9-17-12/h2-3,9,11H,4-7H2,1H3,(H,16,19). The van der Waals surface area contributed by atoms with E-state index in [0.717, 1.165) is 0 Å². The van der Waals surface area contributed by atoms with Crippen molar-refractivity contribution >= 4 is 11.8 Å². The monoisotopic (exact) mass is 272 g/mol. The molecule has 0 radical (unpaired) electrons. The van der Waals surface area contributed by atoms with Crippen molar-refractivity contribution in [2.75, 3.05) is 20.1 Å². The summed E-state index contributed by atoms with van der Waals surface area (Å²) in [5.74, 6) is -0.128. The second-order valence-corrected chi connectivity index (χ2v) is 4.72. The first-order chi connectivity index (χ1) is 9.65. The van der Waals surface area contributed by atoms with E-state index in [1.165, 1.54) is 6.20 Å². The highest BCUT2D eigenvalue weighted by Crippen LogP contribution is 2.18. The number of piperidine rings is 1. The van der Waals surface area contributed by atoms with Crippen molar-refractivity contribution in [1.82, 2.24) is 15.2 Å². The van der Waals surface area contributed by atoms with Crippen molar-refractivity contribution in [3.63, 3.8) is 0 Å². The van der Waals surface area contributed by atoms with Crippen LogP contribution in [-0.2, 0) is 4.79 Å². The Kier molecular flexibility index (Phi) is 4.31. The number of hydrogen-bond donors (Lipinski definition) is 1. The number of amides is 2. The van der Waals surface area contributed by atoms with Crippen LogP contribution in [0.4, 0.5) is 0 Å². The van der Waals surface area contributed by atoms with E-state index in [4.69, 9.17) is 5.26 Å². The van der Waals surface area contributed by atoms with Gasteiger partial charge in [-0.3, -0.25) is 9.59 Å². The Bertz CT molecular complexity index is 539. The Labute approximate surface area is 117 Å². The van der Waals surface area contributed by atoms with Crippen molar-refractivity contribution in [3.05, 3.63) is 29.6 Å². The van der Waals surface area contributed by atoms with Crippen LogP contribution in [0.1, 0.15) is 28.9 Å². The van der Waals surface area contributed by atoms with E-state index in [0.29, 0.717) is 37.2 Å². The lowest BCUT2D eigenvalue weighted by Crippen LogP contribution is -2.42. The third-order valence-corrected chi connectivity index (χ3v) is 3.51. The predicted molar refractivity (Wildman–Crippen MR) is 71.6 cm³/mol. The summed E-state index contributed by atoms with van der Waals surface area (Å²) >= 11 is 0. The smallest absolute Gasteiger partial charge is 0.272 e. The molecule has 0 aliphatic carbocycles. The molecule has 6 heteroatoms. The maximum atomic E-state index is 12.2. The highest BCUT2D eigenvalue weighted by atomic mass is 16.2. The number of hydrogen-bond acceptors (Lipinski definition) is 4. The molecule has 1 saturated heterocycles. The third-order valence-electron chi connectivity index (χ3n) is 3.51. The molecule has 1 N–H and O–H groups in total. The molecule has 0 saturated carbocycles. The van der Waals surface area contributed by atoms with Gasteiger partial charge in [-0.15, -0.1) is 0 Å². The van der Waals surface area contributed by atoms with Gasteiger partial charge in [0.2, 0.25) is 5.91 Å². The van der Waals surface area contributed by atoms with Gasteiger partial charge in [0.15, 0.2) is 0 Å². The molecule has 0 unspecified atom stereocenters. The number of aromatic nitrogens is 1. The largest absolute Gasteiger partial charge is 0.359 e. The van der Waals surface area contributed by atoms with Crippen LogP contribution in [0.2, 0.25) is 0 Å². The Morgan fingerprint density at radius 3 is 2.60 bits per heavy atom. The first-order valence-electron chi connectivity index (χ1n) is 6.52.